The fourth-order valence-electron chi connectivity index (χ4n) is 4.22. The number of thioether (sulfide) groups is 1. The quantitative estimate of drug-likeness (QED) is 0.535. The van der Waals surface area contributed by atoms with Gasteiger partial charge in [0.25, 0.3) is 0 Å². The summed E-state index contributed by atoms with van der Waals surface area (Å²) >= 11 is 1.70. The number of aliphatic imine (C=N–C) groups is 1. The SMILES string of the molecule is COC(=O)C1=C(C)N=C2SCCCN2C1c1cccc(NC(=O)Nc2ccc(C(C)C)cc2)c1. The molecule has 1 fully saturated rings. The van der Waals surface area contributed by atoms with Gasteiger partial charge in [-0.3, -0.25) is 0 Å². The number of carbonyl (C=O) groups is 2. The van der Waals surface area contributed by atoms with E-state index in [0.717, 1.165) is 35.1 Å². The van der Waals surface area contributed by atoms with Gasteiger partial charge in [0.2, 0.25) is 0 Å². The topological polar surface area (TPSA) is 83.0 Å². The Bertz CT molecular complexity index is 1140. The maximum Gasteiger partial charge on any atom is 0.338 e. The summed E-state index contributed by atoms with van der Waals surface area (Å²) in [7, 11) is 1.39. The molecule has 2 heterocycles. The molecule has 8 heteroatoms. The van der Waals surface area contributed by atoms with Gasteiger partial charge in [-0.1, -0.05) is 49.9 Å². The summed E-state index contributed by atoms with van der Waals surface area (Å²) in [5, 5.41) is 6.71. The minimum absolute atomic E-state index is 0.318. The second kappa shape index (κ2) is 10.3. The number of anilines is 2. The van der Waals surface area contributed by atoms with Crippen LogP contribution in [0.15, 0.2) is 64.8 Å². The first-order valence-electron chi connectivity index (χ1n) is 11.4. The Morgan fingerprint density at radius 1 is 1.12 bits per heavy atom. The van der Waals surface area contributed by atoms with E-state index in [0.29, 0.717) is 22.9 Å². The highest BCUT2D eigenvalue weighted by atomic mass is 32.2. The van der Waals surface area contributed by atoms with Gasteiger partial charge in [-0.2, -0.15) is 0 Å². The van der Waals surface area contributed by atoms with Crippen molar-refractivity contribution in [3.05, 3.63) is 70.9 Å². The van der Waals surface area contributed by atoms with Crippen LogP contribution in [0.25, 0.3) is 0 Å². The highest BCUT2D eigenvalue weighted by Crippen LogP contribution is 2.40. The van der Waals surface area contributed by atoms with E-state index in [2.05, 4.69) is 34.4 Å². The average Bonchev–Trinajstić information content (AvgIpc) is 2.83. The second-order valence-electron chi connectivity index (χ2n) is 8.66. The summed E-state index contributed by atoms with van der Waals surface area (Å²) < 4.78 is 5.10. The smallest absolute Gasteiger partial charge is 0.338 e. The van der Waals surface area contributed by atoms with Gasteiger partial charge in [-0.25, -0.2) is 14.6 Å². The van der Waals surface area contributed by atoms with Crippen LogP contribution in [0, 0.1) is 0 Å². The van der Waals surface area contributed by atoms with E-state index >= 15 is 0 Å². The second-order valence-corrected chi connectivity index (χ2v) is 9.73. The number of hydrogen-bond donors (Lipinski definition) is 2. The Balaban J connectivity index is 1.56. The molecule has 2 aromatic carbocycles. The first-order chi connectivity index (χ1) is 16.4. The van der Waals surface area contributed by atoms with Crippen LogP contribution < -0.4 is 10.6 Å². The number of ether oxygens (including phenoxy) is 1. The van der Waals surface area contributed by atoms with Gasteiger partial charge < -0.3 is 20.3 Å². The summed E-state index contributed by atoms with van der Waals surface area (Å²) in [4.78, 5) is 32.2. The normalized spacial score (nSPS) is 17.7. The standard InChI is InChI=1S/C26H30N4O3S/c1-16(2)18-9-11-20(12-10-18)28-25(32)29-21-8-5-7-19(15-21)23-22(24(31)33-4)17(3)27-26-30(23)13-6-14-34-26/h5,7-12,15-16,23H,6,13-14H2,1-4H3,(H2,28,29,32). The Labute approximate surface area is 204 Å². The molecule has 1 saturated heterocycles. The molecule has 34 heavy (non-hydrogen) atoms. The maximum atomic E-state index is 12.7. The molecule has 0 bridgehead atoms. The number of nitrogens with one attached hydrogen (secondary N) is 2. The molecule has 7 nitrogen and oxygen atoms in total. The fraction of sp³-hybridized carbons (Fsp3) is 0.346. The highest BCUT2D eigenvalue weighted by Gasteiger charge is 2.37. The molecule has 2 aliphatic rings. The lowest BCUT2D eigenvalue weighted by atomic mass is 9.94. The van der Waals surface area contributed by atoms with Crippen LogP contribution in [0.3, 0.4) is 0 Å². The molecule has 2 amide bonds. The van der Waals surface area contributed by atoms with E-state index in [-0.39, 0.29) is 18.0 Å². The largest absolute Gasteiger partial charge is 0.466 e. The zero-order chi connectivity index (χ0) is 24.2. The van der Waals surface area contributed by atoms with Crippen molar-refractivity contribution in [2.45, 2.75) is 39.2 Å². The van der Waals surface area contributed by atoms with Crippen LogP contribution in [-0.2, 0) is 9.53 Å². The summed E-state index contributed by atoms with van der Waals surface area (Å²) in [6.07, 6.45) is 1.00. The van der Waals surface area contributed by atoms with E-state index in [1.807, 2.05) is 55.5 Å². The molecule has 1 atom stereocenters. The molecule has 0 aliphatic carbocycles. The number of hydrogen-bond acceptors (Lipinski definition) is 6. The number of fused-ring (bicyclic) bond motifs is 1. The number of methoxy groups -OCH3 is 1. The van der Waals surface area contributed by atoms with Crippen LogP contribution in [-0.4, -0.2) is 41.5 Å². The van der Waals surface area contributed by atoms with Gasteiger partial charge in [0.05, 0.1) is 24.4 Å². The fourth-order valence-corrected chi connectivity index (χ4v) is 5.24. The zero-order valence-electron chi connectivity index (χ0n) is 19.9. The van der Waals surface area contributed by atoms with E-state index in [1.54, 1.807) is 11.8 Å². The Morgan fingerprint density at radius 2 is 1.85 bits per heavy atom. The monoisotopic (exact) mass is 478 g/mol. The molecule has 4 rings (SSSR count). The Kier molecular flexibility index (Phi) is 7.26. The molecule has 0 aromatic heterocycles. The van der Waals surface area contributed by atoms with Gasteiger partial charge in [0.15, 0.2) is 5.17 Å². The lowest BCUT2D eigenvalue weighted by molar-refractivity contribution is -0.136. The molecule has 1 unspecified atom stereocenters. The van der Waals surface area contributed by atoms with Gasteiger partial charge in [-0.15, -0.1) is 0 Å². The van der Waals surface area contributed by atoms with Crippen LogP contribution >= 0.6 is 11.8 Å². The summed E-state index contributed by atoms with van der Waals surface area (Å²) in [6.45, 7) is 6.91. The zero-order valence-corrected chi connectivity index (χ0v) is 20.7. The number of allylic oxidation sites excluding steroid dienone is 1. The first kappa shape index (κ1) is 23.9. The molecular formula is C26H30N4O3S. The number of esters is 1. The van der Waals surface area contributed by atoms with Gasteiger partial charge >= 0.3 is 12.0 Å². The van der Waals surface area contributed by atoms with Crippen molar-refractivity contribution in [3.63, 3.8) is 0 Å². The van der Waals surface area contributed by atoms with E-state index in [4.69, 9.17) is 4.74 Å². The minimum Gasteiger partial charge on any atom is -0.466 e. The lowest BCUT2D eigenvalue weighted by Crippen LogP contribution is -2.42. The van der Waals surface area contributed by atoms with E-state index in [1.165, 1.54) is 12.7 Å². The van der Waals surface area contributed by atoms with Crippen molar-refractivity contribution in [3.8, 4) is 0 Å². The molecule has 0 spiro atoms. The number of nitrogens with zero attached hydrogens (tertiary/aromatic N) is 2. The number of carbonyl (C=O) groups excluding carboxylic acids is 2. The number of amides is 2. The molecular weight excluding hydrogens is 448 g/mol. The van der Waals surface area contributed by atoms with Crippen molar-refractivity contribution >= 4 is 40.3 Å². The Morgan fingerprint density at radius 3 is 2.56 bits per heavy atom. The van der Waals surface area contributed by atoms with Crippen molar-refractivity contribution in [1.29, 1.82) is 0 Å². The molecule has 0 saturated carbocycles. The first-order valence-corrected chi connectivity index (χ1v) is 12.4. The van der Waals surface area contributed by atoms with Crippen molar-refractivity contribution < 1.29 is 14.3 Å². The molecule has 2 N–H and O–H groups in total. The predicted octanol–water partition coefficient (Wildman–Crippen LogP) is 5.75. The number of amidine groups is 1. The molecule has 2 aromatic rings. The van der Waals surface area contributed by atoms with Gasteiger partial charge in [-0.05, 0) is 54.7 Å². The number of benzene rings is 2. The summed E-state index contributed by atoms with van der Waals surface area (Å²) in [6, 6.07) is 14.8. The van der Waals surface area contributed by atoms with E-state index in [9.17, 15) is 9.59 Å². The third-order valence-corrected chi connectivity index (χ3v) is 7.04. The highest BCUT2D eigenvalue weighted by molar-refractivity contribution is 8.13. The molecule has 2 aliphatic heterocycles. The summed E-state index contributed by atoms with van der Waals surface area (Å²) in [5.41, 5.74) is 4.68. The van der Waals surface area contributed by atoms with Crippen LogP contribution in [0.1, 0.15) is 50.3 Å². The lowest BCUT2D eigenvalue weighted by Gasteiger charge is -2.40. The van der Waals surface area contributed by atoms with Crippen molar-refractivity contribution in [1.82, 2.24) is 4.90 Å². The third kappa shape index (κ3) is 5.12. The van der Waals surface area contributed by atoms with Gasteiger partial charge in [0, 0.05) is 23.7 Å². The van der Waals surface area contributed by atoms with Gasteiger partial charge in [0.1, 0.15) is 0 Å². The minimum atomic E-state index is -0.387. The van der Waals surface area contributed by atoms with Crippen molar-refractivity contribution in [2.24, 2.45) is 4.99 Å². The van der Waals surface area contributed by atoms with Crippen LogP contribution in [0.2, 0.25) is 0 Å². The number of rotatable bonds is 5. The average molecular weight is 479 g/mol. The van der Waals surface area contributed by atoms with Crippen molar-refractivity contribution in [2.75, 3.05) is 30.0 Å². The third-order valence-electron chi connectivity index (χ3n) is 5.96. The van der Waals surface area contributed by atoms with E-state index < -0.39 is 0 Å². The maximum absolute atomic E-state index is 12.7. The summed E-state index contributed by atoms with van der Waals surface area (Å²) in [5.74, 6) is 1.05. The molecule has 0 radical (unpaired) electrons. The molecule has 178 valence electrons. The Hall–Kier alpha value is -3.26. The predicted molar refractivity (Wildman–Crippen MR) is 138 cm³/mol. The number of urea groups is 1. The van der Waals surface area contributed by atoms with Crippen LogP contribution in [0.4, 0.5) is 16.2 Å². The van der Waals surface area contributed by atoms with Crippen LogP contribution in [0.5, 0.6) is 0 Å².